The number of hydrogen-bond acceptors (Lipinski definition) is 7. The summed E-state index contributed by atoms with van der Waals surface area (Å²) < 4.78 is 21.2. The van der Waals surface area contributed by atoms with Gasteiger partial charge in [-0.1, -0.05) is 30.3 Å². The molecule has 0 N–H and O–H groups in total. The number of ether oxygens (including phenoxy) is 4. The fourth-order valence-corrected chi connectivity index (χ4v) is 3.74. The second-order valence-corrected chi connectivity index (χ2v) is 6.81. The number of likely N-dealkylation sites (tertiary alicyclic amines) is 1. The minimum absolute atomic E-state index is 0.0810. The van der Waals surface area contributed by atoms with E-state index in [-0.39, 0.29) is 6.04 Å². The quantitative estimate of drug-likeness (QED) is 0.580. The average molecular weight is 383 g/mol. The third-order valence-electron chi connectivity index (χ3n) is 5.20. The summed E-state index contributed by atoms with van der Waals surface area (Å²) in [5, 5.41) is 0. The van der Waals surface area contributed by atoms with E-state index in [1.54, 1.807) is 31.4 Å². The maximum Gasteiger partial charge on any atom is 0.509 e. The molecule has 0 amide bonds. The van der Waals surface area contributed by atoms with E-state index in [0.717, 1.165) is 5.56 Å². The van der Waals surface area contributed by atoms with E-state index < -0.39 is 30.4 Å². The summed E-state index contributed by atoms with van der Waals surface area (Å²) in [6.45, 7) is 2.40. The lowest BCUT2D eigenvalue weighted by Gasteiger charge is -2.30. The van der Waals surface area contributed by atoms with Crippen LogP contribution < -0.4 is 9.47 Å². The summed E-state index contributed by atoms with van der Waals surface area (Å²) in [6.07, 6.45) is -1.93. The van der Waals surface area contributed by atoms with E-state index in [1.165, 1.54) is 0 Å². The van der Waals surface area contributed by atoms with Crippen molar-refractivity contribution < 1.29 is 28.5 Å². The Hall–Kier alpha value is -3.06. The van der Waals surface area contributed by atoms with Crippen molar-refractivity contribution in [3.63, 3.8) is 0 Å². The smallest absolute Gasteiger partial charge is 0.497 e. The number of esters is 1. The van der Waals surface area contributed by atoms with Gasteiger partial charge >= 0.3 is 12.1 Å². The number of benzene rings is 2. The molecule has 0 spiro atoms. The van der Waals surface area contributed by atoms with E-state index in [4.69, 9.17) is 18.9 Å². The van der Waals surface area contributed by atoms with Crippen LogP contribution in [0, 0.1) is 0 Å². The number of rotatable bonds is 5. The van der Waals surface area contributed by atoms with Gasteiger partial charge in [-0.15, -0.1) is 0 Å². The zero-order valence-corrected chi connectivity index (χ0v) is 15.6. The Labute approximate surface area is 162 Å². The summed E-state index contributed by atoms with van der Waals surface area (Å²) in [5.74, 6) is 0.573. The van der Waals surface area contributed by atoms with Crippen molar-refractivity contribution in [3.8, 4) is 11.5 Å². The summed E-state index contributed by atoms with van der Waals surface area (Å²) in [6, 6.07) is 15.7. The van der Waals surface area contributed by atoms with Crippen LogP contribution in [0.2, 0.25) is 0 Å². The van der Waals surface area contributed by atoms with Crippen molar-refractivity contribution in [2.24, 2.45) is 0 Å². The summed E-state index contributed by atoms with van der Waals surface area (Å²) in [7, 11) is 1.57. The third-order valence-corrected chi connectivity index (χ3v) is 5.20. The fraction of sp³-hybridized carbons (Fsp3) is 0.333. The Morgan fingerprint density at radius 1 is 1.07 bits per heavy atom. The molecule has 2 fully saturated rings. The van der Waals surface area contributed by atoms with Crippen molar-refractivity contribution in [2.45, 2.75) is 31.2 Å². The molecule has 0 aliphatic carbocycles. The minimum Gasteiger partial charge on any atom is -0.497 e. The highest BCUT2D eigenvalue weighted by Crippen LogP contribution is 2.36. The second kappa shape index (κ2) is 7.52. The lowest BCUT2D eigenvalue weighted by Crippen LogP contribution is -2.46. The first kappa shape index (κ1) is 18.3. The van der Waals surface area contributed by atoms with Crippen LogP contribution in [0.1, 0.15) is 18.5 Å². The molecule has 28 heavy (non-hydrogen) atoms. The van der Waals surface area contributed by atoms with E-state index in [1.807, 2.05) is 42.2 Å². The normalized spacial score (nSPS) is 24.8. The molecule has 0 unspecified atom stereocenters. The topological polar surface area (TPSA) is 74.3 Å². The highest BCUT2D eigenvalue weighted by Gasteiger charge is 2.56. The maximum absolute atomic E-state index is 13.0. The van der Waals surface area contributed by atoms with Gasteiger partial charge in [-0.2, -0.15) is 0 Å². The van der Waals surface area contributed by atoms with E-state index in [9.17, 15) is 9.59 Å². The molecule has 4 rings (SSSR count). The number of hydrogen-bond donors (Lipinski definition) is 0. The van der Waals surface area contributed by atoms with E-state index in [0.29, 0.717) is 18.0 Å². The standard InChI is InChI=1S/C21H21NO6/c1-13(14-6-4-3-5-7-14)22-12-17-19(28-21(24)27-17)18(22)20(23)26-16-10-8-15(25-2)9-11-16/h3-11,13,17-19H,12H2,1-2H3/t13-,17+,18+,19+/m0/s1. The molecule has 2 aliphatic rings. The van der Waals surface area contributed by atoms with Crippen LogP contribution in [-0.4, -0.2) is 48.9 Å². The minimum atomic E-state index is -0.756. The number of nitrogens with zero attached hydrogens (tertiary/aromatic N) is 1. The van der Waals surface area contributed by atoms with Gasteiger partial charge in [0.25, 0.3) is 0 Å². The molecular weight excluding hydrogens is 362 g/mol. The van der Waals surface area contributed by atoms with E-state index in [2.05, 4.69) is 0 Å². The molecule has 0 saturated carbocycles. The van der Waals surface area contributed by atoms with Crippen molar-refractivity contribution in [2.75, 3.05) is 13.7 Å². The molecular formula is C21H21NO6. The number of methoxy groups -OCH3 is 1. The predicted molar refractivity (Wildman–Crippen MR) is 99.1 cm³/mol. The highest BCUT2D eigenvalue weighted by molar-refractivity contribution is 5.81. The van der Waals surface area contributed by atoms with Crippen LogP contribution in [0.15, 0.2) is 54.6 Å². The van der Waals surface area contributed by atoms with Crippen LogP contribution in [-0.2, 0) is 14.3 Å². The van der Waals surface area contributed by atoms with Gasteiger partial charge in [0.05, 0.1) is 7.11 Å². The largest absolute Gasteiger partial charge is 0.509 e. The van der Waals surface area contributed by atoms with Crippen molar-refractivity contribution in [1.82, 2.24) is 4.90 Å². The Morgan fingerprint density at radius 2 is 1.75 bits per heavy atom. The zero-order chi connectivity index (χ0) is 19.7. The van der Waals surface area contributed by atoms with Gasteiger partial charge in [0.15, 0.2) is 18.2 Å². The molecule has 146 valence electrons. The van der Waals surface area contributed by atoms with Gasteiger partial charge in [0.1, 0.15) is 11.5 Å². The Balaban J connectivity index is 1.57. The van der Waals surface area contributed by atoms with Crippen molar-refractivity contribution in [3.05, 3.63) is 60.2 Å². The molecule has 7 nitrogen and oxygen atoms in total. The molecule has 2 aromatic carbocycles. The molecule has 0 radical (unpaired) electrons. The first-order chi connectivity index (χ1) is 13.6. The Bertz CT molecular complexity index is 853. The summed E-state index contributed by atoms with van der Waals surface area (Å²) in [5.41, 5.74) is 1.05. The second-order valence-electron chi connectivity index (χ2n) is 6.81. The van der Waals surface area contributed by atoms with Crippen molar-refractivity contribution in [1.29, 1.82) is 0 Å². The van der Waals surface area contributed by atoms with Gasteiger partial charge in [0, 0.05) is 12.6 Å². The van der Waals surface area contributed by atoms with Crippen LogP contribution in [0.4, 0.5) is 4.79 Å². The molecule has 2 aliphatic heterocycles. The summed E-state index contributed by atoms with van der Waals surface area (Å²) >= 11 is 0. The monoisotopic (exact) mass is 383 g/mol. The van der Waals surface area contributed by atoms with Crippen molar-refractivity contribution >= 4 is 12.1 Å². The third kappa shape index (κ3) is 3.41. The average Bonchev–Trinajstić information content (AvgIpc) is 3.24. The highest BCUT2D eigenvalue weighted by atomic mass is 16.8. The number of fused-ring (bicyclic) bond motifs is 1. The Kier molecular flexibility index (Phi) is 4.92. The zero-order valence-electron chi connectivity index (χ0n) is 15.6. The van der Waals surface area contributed by atoms with Gasteiger partial charge in [0.2, 0.25) is 0 Å². The molecule has 0 aromatic heterocycles. The SMILES string of the molecule is COc1ccc(OC(=O)[C@H]2[C@@H]3OC(=O)O[C@@H]3CN2[C@@H](C)c2ccccc2)cc1. The van der Waals surface area contributed by atoms with Crippen LogP contribution >= 0.6 is 0 Å². The molecule has 7 heteroatoms. The van der Waals surface area contributed by atoms with Crippen LogP contribution in [0.3, 0.4) is 0 Å². The van der Waals surface area contributed by atoms with Gasteiger partial charge in [-0.05, 0) is 36.8 Å². The number of carbonyl (C=O) groups is 2. The molecule has 0 bridgehead atoms. The van der Waals surface area contributed by atoms with Gasteiger partial charge in [-0.25, -0.2) is 9.59 Å². The maximum atomic E-state index is 13.0. The van der Waals surface area contributed by atoms with Gasteiger partial charge < -0.3 is 18.9 Å². The van der Waals surface area contributed by atoms with E-state index >= 15 is 0 Å². The Morgan fingerprint density at radius 3 is 2.43 bits per heavy atom. The molecule has 2 aromatic rings. The molecule has 2 heterocycles. The number of carbonyl (C=O) groups excluding carboxylic acids is 2. The first-order valence-electron chi connectivity index (χ1n) is 9.10. The van der Waals surface area contributed by atoms with Crippen LogP contribution in [0.5, 0.6) is 11.5 Å². The van der Waals surface area contributed by atoms with Gasteiger partial charge in [-0.3, -0.25) is 4.90 Å². The first-order valence-corrected chi connectivity index (χ1v) is 9.10. The van der Waals surface area contributed by atoms with Crippen LogP contribution in [0.25, 0.3) is 0 Å². The summed E-state index contributed by atoms with van der Waals surface area (Å²) in [4.78, 5) is 26.6. The molecule has 2 saturated heterocycles. The lowest BCUT2D eigenvalue weighted by molar-refractivity contribution is -0.142. The predicted octanol–water partition coefficient (Wildman–Crippen LogP) is 2.95. The lowest BCUT2D eigenvalue weighted by atomic mass is 10.1. The fourth-order valence-electron chi connectivity index (χ4n) is 3.74. The molecule has 4 atom stereocenters.